The molecular weight excluding hydrogens is 194 g/mol. The van der Waals surface area contributed by atoms with E-state index in [9.17, 15) is 9.59 Å². The predicted octanol–water partition coefficient (Wildman–Crippen LogP) is -0.293. The standard InChI is InChI=1S/C10H21N3O2/c1-5-6-8(11)9(14)12-7(2)10(15)13(3)4/h7-8H,5-6,11H2,1-4H3,(H,12,14)/t7?,8-/m0/s1. The van der Waals surface area contributed by atoms with Crippen molar-refractivity contribution in [3.63, 3.8) is 0 Å². The van der Waals surface area contributed by atoms with Gasteiger partial charge in [-0.3, -0.25) is 9.59 Å². The van der Waals surface area contributed by atoms with Crippen LogP contribution in [0, 0.1) is 0 Å². The van der Waals surface area contributed by atoms with Gasteiger partial charge in [0, 0.05) is 14.1 Å². The van der Waals surface area contributed by atoms with Crippen molar-refractivity contribution in [2.45, 2.75) is 38.8 Å². The van der Waals surface area contributed by atoms with E-state index in [0.717, 1.165) is 6.42 Å². The molecule has 3 N–H and O–H groups in total. The van der Waals surface area contributed by atoms with Crippen LogP contribution in [0.4, 0.5) is 0 Å². The maximum atomic E-state index is 11.5. The summed E-state index contributed by atoms with van der Waals surface area (Å²) in [4.78, 5) is 24.3. The van der Waals surface area contributed by atoms with Crippen LogP contribution in [0.15, 0.2) is 0 Å². The van der Waals surface area contributed by atoms with Crippen LogP contribution in [0.5, 0.6) is 0 Å². The Bertz CT molecular complexity index is 229. The molecular formula is C10H21N3O2. The van der Waals surface area contributed by atoms with E-state index in [4.69, 9.17) is 5.73 Å². The molecule has 0 aliphatic rings. The molecule has 0 rings (SSSR count). The fourth-order valence-corrected chi connectivity index (χ4v) is 1.21. The lowest BCUT2D eigenvalue weighted by molar-refractivity contribution is -0.134. The van der Waals surface area contributed by atoms with Gasteiger partial charge >= 0.3 is 0 Å². The topological polar surface area (TPSA) is 75.4 Å². The van der Waals surface area contributed by atoms with E-state index in [2.05, 4.69) is 5.32 Å². The second kappa shape index (κ2) is 6.40. The highest BCUT2D eigenvalue weighted by molar-refractivity contribution is 5.89. The average Bonchev–Trinajstić information content (AvgIpc) is 2.16. The van der Waals surface area contributed by atoms with Crippen molar-refractivity contribution < 1.29 is 9.59 Å². The molecule has 1 unspecified atom stereocenters. The van der Waals surface area contributed by atoms with Crippen LogP contribution in [-0.4, -0.2) is 42.9 Å². The summed E-state index contributed by atoms with van der Waals surface area (Å²) in [5.74, 6) is -0.397. The van der Waals surface area contributed by atoms with Crippen LogP contribution in [-0.2, 0) is 9.59 Å². The van der Waals surface area contributed by atoms with Crippen LogP contribution in [0.25, 0.3) is 0 Å². The van der Waals surface area contributed by atoms with Gasteiger partial charge in [-0.25, -0.2) is 0 Å². The molecule has 5 heteroatoms. The molecule has 0 bridgehead atoms. The molecule has 0 fully saturated rings. The Hall–Kier alpha value is -1.10. The maximum Gasteiger partial charge on any atom is 0.244 e. The van der Waals surface area contributed by atoms with Crippen molar-refractivity contribution in [2.75, 3.05) is 14.1 Å². The molecule has 0 aromatic carbocycles. The lowest BCUT2D eigenvalue weighted by Gasteiger charge is -2.19. The van der Waals surface area contributed by atoms with Gasteiger partial charge in [0.25, 0.3) is 0 Å². The maximum absolute atomic E-state index is 11.5. The molecule has 0 spiro atoms. The number of amides is 2. The van der Waals surface area contributed by atoms with Gasteiger partial charge in [-0.15, -0.1) is 0 Å². The van der Waals surface area contributed by atoms with E-state index in [1.165, 1.54) is 4.90 Å². The third-order valence-corrected chi connectivity index (χ3v) is 2.11. The van der Waals surface area contributed by atoms with Crippen LogP contribution in [0.3, 0.4) is 0 Å². The van der Waals surface area contributed by atoms with Crippen molar-refractivity contribution >= 4 is 11.8 Å². The largest absolute Gasteiger partial charge is 0.347 e. The third kappa shape index (κ3) is 4.78. The zero-order valence-electron chi connectivity index (χ0n) is 9.91. The minimum atomic E-state index is -0.521. The van der Waals surface area contributed by atoms with Crippen molar-refractivity contribution in [1.82, 2.24) is 10.2 Å². The molecule has 0 radical (unpaired) electrons. The van der Waals surface area contributed by atoms with Crippen molar-refractivity contribution in [1.29, 1.82) is 0 Å². The number of likely N-dealkylation sites (N-methyl/N-ethyl adjacent to an activating group) is 1. The molecule has 2 atom stereocenters. The fraction of sp³-hybridized carbons (Fsp3) is 0.800. The first-order chi connectivity index (χ1) is 6.90. The smallest absolute Gasteiger partial charge is 0.244 e. The predicted molar refractivity (Wildman–Crippen MR) is 59.2 cm³/mol. The lowest BCUT2D eigenvalue weighted by Crippen LogP contribution is -2.49. The van der Waals surface area contributed by atoms with Gasteiger partial charge < -0.3 is 16.0 Å². The highest BCUT2D eigenvalue weighted by atomic mass is 16.2. The van der Waals surface area contributed by atoms with Gasteiger partial charge in [-0.2, -0.15) is 0 Å². The molecule has 2 amide bonds. The highest BCUT2D eigenvalue weighted by Crippen LogP contribution is 1.95. The number of rotatable bonds is 5. The van der Waals surface area contributed by atoms with Gasteiger partial charge in [-0.1, -0.05) is 13.3 Å². The van der Waals surface area contributed by atoms with E-state index in [1.54, 1.807) is 21.0 Å². The third-order valence-electron chi connectivity index (χ3n) is 2.11. The first-order valence-electron chi connectivity index (χ1n) is 5.17. The van der Waals surface area contributed by atoms with E-state index in [-0.39, 0.29) is 11.8 Å². The Labute approximate surface area is 91.0 Å². The summed E-state index contributed by atoms with van der Waals surface area (Å²) >= 11 is 0. The molecule has 0 saturated carbocycles. The molecule has 0 aliphatic heterocycles. The van der Waals surface area contributed by atoms with E-state index >= 15 is 0 Å². The first kappa shape index (κ1) is 13.9. The molecule has 0 aromatic rings. The number of hydrogen-bond acceptors (Lipinski definition) is 3. The quantitative estimate of drug-likeness (QED) is 0.661. The summed E-state index contributed by atoms with van der Waals surface area (Å²) in [5.41, 5.74) is 5.62. The van der Waals surface area contributed by atoms with Crippen molar-refractivity contribution in [2.24, 2.45) is 5.73 Å². The van der Waals surface area contributed by atoms with Crippen molar-refractivity contribution in [3.05, 3.63) is 0 Å². The molecule has 0 aromatic heterocycles. The molecule has 88 valence electrons. The Kier molecular flexibility index (Phi) is 5.93. The molecule has 15 heavy (non-hydrogen) atoms. The van der Waals surface area contributed by atoms with Gasteiger partial charge in [0.1, 0.15) is 6.04 Å². The minimum absolute atomic E-state index is 0.132. The highest BCUT2D eigenvalue weighted by Gasteiger charge is 2.20. The van der Waals surface area contributed by atoms with Gasteiger partial charge in [0.05, 0.1) is 6.04 Å². The molecule has 0 aliphatic carbocycles. The van der Waals surface area contributed by atoms with Gasteiger partial charge in [-0.05, 0) is 13.3 Å². The lowest BCUT2D eigenvalue weighted by atomic mass is 10.1. The average molecular weight is 215 g/mol. The number of nitrogens with zero attached hydrogens (tertiary/aromatic N) is 1. The Morgan fingerprint density at radius 3 is 2.33 bits per heavy atom. The van der Waals surface area contributed by atoms with Crippen LogP contribution >= 0.6 is 0 Å². The fourth-order valence-electron chi connectivity index (χ4n) is 1.21. The van der Waals surface area contributed by atoms with Crippen molar-refractivity contribution in [3.8, 4) is 0 Å². The zero-order chi connectivity index (χ0) is 12.0. The minimum Gasteiger partial charge on any atom is -0.347 e. The SMILES string of the molecule is CCC[C@H](N)C(=O)NC(C)C(=O)N(C)C. The van der Waals surface area contributed by atoms with Gasteiger partial charge in [0.2, 0.25) is 11.8 Å². The summed E-state index contributed by atoms with van der Waals surface area (Å²) in [6.45, 7) is 3.61. The monoisotopic (exact) mass is 215 g/mol. The number of nitrogens with one attached hydrogen (secondary N) is 1. The number of nitrogens with two attached hydrogens (primary N) is 1. The number of carbonyl (C=O) groups excluding carboxylic acids is 2. The molecule has 0 saturated heterocycles. The normalized spacial score (nSPS) is 14.2. The first-order valence-corrected chi connectivity index (χ1v) is 5.17. The Balaban J connectivity index is 4.12. The van der Waals surface area contributed by atoms with Crippen LogP contribution < -0.4 is 11.1 Å². The van der Waals surface area contributed by atoms with E-state index < -0.39 is 12.1 Å². The van der Waals surface area contributed by atoms with E-state index in [0.29, 0.717) is 6.42 Å². The van der Waals surface area contributed by atoms with Crippen LogP contribution in [0.1, 0.15) is 26.7 Å². The summed E-state index contributed by atoms with van der Waals surface area (Å²) in [6, 6.07) is -1.04. The summed E-state index contributed by atoms with van der Waals surface area (Å²) < 4.78 is 0. The Morgan fingerprint density at radius 1 is 1.40 bits per heavy atom. The summed E-state index contributed by atoms with van der Waals surface area (Å²) in [5, 5.41) is 2.59. The Morgan fingerprint density at radius 2 is 1.93 bits per heavy atom. The van der Waals surface area contributed by atoms with E-state index in [1.807, 2.05) is 6.92 Å². The summed E-state index contributed by atoms with van der Waals surface area (Å²) in [6.07, 6.45) is 1.49. The second-order valence-electron chi connectivity index (χ2n) is 3.86. The second-order valence-corrected chi connectivity index (χ2v) is 3.86. The number of carbonyl (C=O) groups is 2. The zero-order valence-corrected chi connectivity index (χ0v) is 9.91. The summed E-state index contributed by atoms with van der Waals surface area (Å²) in [7, 11) is 3.30. The molecule has 5 nitrogen and oxygen atoms in total. The van der Waals surface area contributed by atoms with Gasteiger partial charge in [0.15, 0.2) is 0 Å². The van der Waals surface area contributed by atoms with Crippen LogP contribution in [0.2, 0.25) is 0 Å². The molecule has 0 heterocycles. The number of hydrogen-bond donors (Lipinski definition) is 2.